The van der Waals surface area contributed by atoms with Crippen LogP contribution in [0.3, 0.4) is 0 Å². The van der Waals surface area contributed by atoms with Crippen LogP contribution in [0.25, 0.3) is 17.0 Å². The number of rotatable bonds is 8. The Balaban J connectivity index is 1.27. The van der Waals surface area contributed by atoms with E-state index in [0.29, 0.717) is 18.8 Å². The smallest absolute Gasteiger partial charge is 0.233 e. The summed E-state index contributed by atoms with van der Waals surface area (Å²) in [6.07, 6.45) is 5.27. The Morgan fingerprint density at radius 1 is 1.11 bits per heavy atom. The minimum Gasteiger partial charge on any atom is -0.497 e. The fraction of sp³-hybridized carbons (Fsp3) is 0.370. The Labute approximate surface area is 210 Å². The number of amides is 1. The molecule has 2 aliphatic rings. The lowest BCUT2D eigenvalue weighted by Crippen LogP contribution is -2.36. The summed E-state index contributed by atoms with van der Waals surface area (Å²) in [6.45, 7) is 2.85. The van der Waals surface area contributed by atoms with E-state index in [4.69, 9.17) is 9.47 Å². The molecular weight excluding hydrogens is 460 g/mol. The van der Waals surface area contributed by atoms with Gasteiger partial charge >= 0.3 is 0 Å². The van der Waals surface area contributed by atoms with Gasteiger partial charge in [0.05, 0.1) is 25.5 Å². The fourth-order valence-electron chi connectivity index (χ4n) is 4.53. The molecule has 182 valence electrons. The number of hydrogen-bond donors (Lipinski definition) is 0. The quantitative estimate of drug-likeness (QED) is 0.432. The van der Waals surface area contributed by atoms with Crippen LogP contribution in [0.15, 0.2) is 65.8 Å². The van der Waals surface area contributed by atoms with Crippen LogP contribution in [-0.2, 0) is 16.1 Å². The minimum atomic E-state index is 0.121. The number of methoxy groups -OCH3 is 1. The van der Waals surface area contributed by atoms with Gasteiger partial charge in [-0.1, -0.05) is 48.2 Å². The molecule has 2 aromatic carbocycles. The summed E-state index contributed by atoms with van der Waals surface area (Å²) in [4.78, 5) is 14.9. The van der Waals surface area contributed by atoms with E-state index in [0.717, 1.165) is 54.7 Å². The maximum atomic E-state index is 13.0. The molecule has 35 heavy (non-hydrogen) atoms. The Morgan fingerprint density at radius 3 is 2.63 bits per heavy atom. The zero-order valence-corrected chi connectivity index (χ0v) is 20.7. The second-order valence-electron chi connectivity index (χ2n) is 8.75. The summed E-state index contributed by atoms with van der Waals surface area (Å²) in [6, 6.07) is 18.2. The molecule has 0 radical (unpaired) electrons. The van der Waals surface area contributed by atoms with E-state index in [-0.39, 0.29) is 12.0 Å². The number of thioether (sulfide) groups is 1. The Morgan fingerprint density at radius 2 is 1.94 bits per heavy atom. The number of aromatic nitrogens is 3. The van der Waals surface area contributed by atoms with Gasteiger partial charge in [-0.2, -0.15) is 0 Å². The van der Waals surface area contributed by atoms with Crippen LogP contribution in [-0.4, -0.2) is 64.2 Å². The number of benzene rings is 2. The first kappa shape index (κ1) is 23.6. The molecule has 3 heterocycles. The molecular formula is C27H30N4O3S. The molecule has 2 aliphatic heterocycles. The van der Waals surface area contributed by atoms with Gasteiger partial charge in [0.1, 0.15) is 5.75 Å². The number of carbonyl (C=O) groups is 1. The lowest BCUT2D eigenvalue weighted by Gasteiger charge is -2.26. The normalized spacial score (nSPS) is 17.9. The largest absolute Gasteiger partial charge is 0.497 e. The van der Waals surface area contributed by atoms with Crippen LogP contribution < -0.4 is 4.74 Å². The predicted octanol–water partition coefficient (Wildman–Crippen LogP) is 4.54. The van der Waals surface area contributed by atoms with Gasteiger partial charge in [-0.25, -0.2) is 0 Å². The number of ether oxygens (including phenoxy) is 2. The van der Waals surface area contributed by atoms with Gasteiger partial charge < -0.3 is 14.4 Å². The second-order valence-corrected chi connectivity index (χ2v) is 9.70. The Kier molecular flexibility index (Phi) is 7.49. The van der Waals surface area contributed by atoms with Crippen LogP contribution in [0.4, 0.5) is 0 Å². The van der Waals surface area contributed by atoms with Crippen LogP contribution in [0.2, 0.25) is 0 Å². The van der Waals surface area contributed by atoms with Crippen LogP contribution in [0, 0.1) is 0 Å². The molecule has 1 aromatic heterocycles. The lowest BCUT2D eigenvalue weighted by atomic mass is 10.00. The van der Waals surface area contributed by atoms with Gasteiger partial charge in [-0.3, -0.25) is 9.36 Å². The topological polar surface area (TPSA) is 69.5 Å². The van der Waals surface area contributed by atoms with Crippen molar-refractivity contribution in [3.63, 3.8) is 0 Å². The first-order chi connectivity index (χ1) is 17.2. The third kappa shape index (κ3) is 5.60. The molecule has 1 fully saturated rings. The summed E-state index contributed by atoms with van der Waals surface area (Å²) in [5, 5.41) is 9.68. The highest BCUT2D eigenvalue weighted by atomic mass is 32.2. The molecule has 0 saturated carbocycles. The maximum absolute atomic E-state index is 13.0. The van der Waals surface area contributed by atoms with Gasteiger partial charge in [0.15, 0.2) is 11.0 Å². The molecule has 0 unspecified atom stereocenters. The number of nitrogens with zero attached hydrogens (tertiary/aromatic N) is 4. The first-order valence-electron chi connectivity index (χ1n) is 12.1. The van der Waals surface area contributed by atoms with E-state index in [1.807, 2.05) is 35.2 Å². The highest BCUT2D eigenvalue weighted by Crippen LogP contribution is 2.28. The SMILES string of the molecule is COc1ccc(-c2nnc(SCC(=O)N3CC=C(c4ccccc4)CC3)n2C[C@H]2CCCO2)cc1. The number of hydrogen-bond acceptors (Lipinski definition) is 6. The van der Waals surface area contributed by atoms with Crippen LogP contribution in [0.5, 0.6) is 5.75 Å². The van der Waals surface area contributed by atoms with Gasteiger partial charge in [-0.05, 0) is 54.7 Å². The monoisotopic (exact) mass is 490 g/mol. The van der Waals surface area contributed by atoms with E-state index < -0.39 is 0 Å². The van der Waals surface area contributed by atoms with Gasteiger partial charge in [0.2, 0.25) is 5.91 Å². The van der Waals surface area contributed by atoms with Crippen molar-refractivity contribution in [3.05, 3.63) is 66.2 Å². The van der Waals surface area contributed by atoms with Crippen molar-refractivity contribution in [2.45, 2.75) is 37.1 Å². The summed E-state index contributed by atoms with van der Waals surface area (Å²) in [5.41, 5.74) is 3.51. The second kappa shape index (κ2) is 11.1. The molecule has 0 aliphatic carbocycles. The fourth-order valence-corrected chi connectivity index (χ4v) is 5.38. The zero-order valence-electron chi connectivity index (χ0n) is 19.9. The summed E-state index contributed by atoms with van der Waals surface area (Å²) >= 11 is 1.45. The van der Waals surface area contributed by atoms with E-state index >= 15 is 0 Å². The van der Waals surface area contributed by atoms with Crippen LogP contribution in [0.1, 0.15) is 24.8 Å². The molecule has 3 aromatic rings. The van der Waals surface area contributed by atoms with E-state index in [2.05, 4.69) is 45.1 Å². The maximum Gasteiger partial charge on any atom is 0.233 e. The van der Waals surface area contributed by atoms with Gasteiger partial charge in [0, 0.05) is 25.3 Å². The molecule has 1 atom stereocenters. The van der Waals surface area contributed by atoms with Gasteiger partial charge in [0.25, 0.3) is 0 Å². The van der Waals surface area contributed by atoms with E-state index in [1.54, 1.807) is 7.11 Å². The predicted molar refractivity (Wildman–Crippen MR) is 137 cm³/mol. The summed E-state index contributed by atoms with van der Waals surface area (Å²) < 4.78 is 13.3. The molecule has 8 heteroatoms. The molecule has 1 amide bonds. The van der Waals surface area contributed by atoms with Crippen molar-refractivity contribution >= 4 is 23.2 Å². The third-order valence-electron chi connectivity index (χ3n) is 6.51. The lowest BCUT2D eigenvalue weighted by molar-refractivity contribution is -0.127. The molecule has 1 saturated heterocycles. The van der Waals surface area contributed by atoms with Crippen molar-refractivity contribution in [2.75, 3.05) is 32.6 Å². The zero-order chi connectivity index (χ0) is 24.0. The molecule has 7 nitrogen and oxygen atoms in total. The van der Waals surface area contributed by atoms with Gasteiger partial charge in [-0.15, -0.1) is 10.2 Å². The Bertz CT molecular complexity index is 1170. The molecule has 5 rings (SSSR count). The highest BCUT2D eigenvalue weighted by molar-refractivity contribution is 7.99. The van der Waals surface area contributed by atoms with Crippen molar-refractivity contribution in [1.29, 1.82) is 0 Å². The molecule has 0 bridgehead atoms. The first-order valence-corrected chi connectivity index (χ1v) is 13.0. The molecule has 0 spiro atoms. The standard InChI is InChI=1S/C27H30N4O3S/c1-33-23-11-9-22(10-12-23)26-28-29-27(31(26)18-24-8-5-17-34-24)35-19-25(32)30-15-13-21(14-16-30)20-6-3-2-4-7-20/h2-4,6-7,9-13,24H,5,8,14-19H2,1H3/t24-/m1/s1. The van der Waals surface area contributed by atoms with Crippen molar-refractivity contribution in [2.24, 2.45) is 0 Å². The summed E-state index contributed by atoms with van der Waals surface area (Å²) in [7, 11) is 1.65. The van der Waals surface area contributed by atoms with Crippen molar-refractivity contribution in [1.82, 2.24) is 19.7 Å². The Hall–Kier alpha value is -3.10. The highest BCUT2D eigenvalue weighted by Gasteiger charge is 2.24. The summed E-state index contributed by atoms with van der Waals surface area (Å²) in [5.74, 6) is 2.04. The van der Waals surface area contributed by atoms with Crippen molar-refractivity contribution in [3.8, 4) is 17.1 Å². The average molecular weight is 491 g/mol. The van der Waals surface area contributed by atoms with E-state index in [1.165, 1.54) is 22.9 Å². The average Bonchev–Trinajstić information content (AvgIpc) is 3.58. The van der Waals surface area contributed by atoms with Crippen molar-refractivity contribution < 1.29 is 14.3 Å². The molecule has 0 N–H and O–H groups in total. The minimum absolute atomic E-state index is 0.121. The van der Waals surface area contributed by atoms with Crippen LogP contribution >= 0.6 is 11.8 Å². The third-order valence-corrected chi connectivity index (χ3v) is 7.46. The number of carbonyl (C=O) groups excluding carboxylic acids is 1. The van der Waals surface area contributed by atoms with E-state index in [9.17, 15) is 4.79 Å².